The lowest BCUT2D eigenvalue weighted by atomic mass is 9.90. The number of amides is 1. The second kappa shape index (κ2) is 8.05. The second-order valence-corrected chi connectivity index (χ2v) is 8.57. The topological polar surface area (TPSA) is 58.6 Å². The molecule has 2 heterocycles. The molecule has 28 heavy (non-hydrogen) atoms. The summed E-state index contributed by atoms with van der Waals surface area (Å²) in [5, 5.41) is 3.61. The number of nitrogens with one attached hydrogen (secondary N) is 1. The molecule has 1 aliphatic carbocycles. The number of benzene rings is 1. The minimum Gasteiger partial charge on any atom is -0.465 e. The lowest BCUT2D eigenvalue weighted by Crippen LogP contribution is -2.29. The van der Waals surface area contributed by atoms with Gasteiger partial charge in [-0.2, -0.15) is 0 Å². The normalized spacial score (nSPS) is 16.2. The number of methoxy groups -OCH3 is 1. The van der Waals surface area contributed by atoms with Gasteiger partial charge in [-0.05, 0) is 67.5 Å². The molecule has 1 amide bonds. The van der Waals surface area contributed by atoms with Gasteiger partial charge in [-0.1, -0.05) is 13.0 Å². The van der Waals surface area contributed by atoms with E-state index >= 15 is 0 Å². The van der Waals surface area contributed by atoms with Crippen molar-refractivity contribution in [1.29, 1.82) is 0 Å². The SMILES string of the molecule is CCN1CCc2c(sc(NC(=O)c3ccc4c(c3)CCCC4)c2C(=O)OC)C1. The van der Waals surface area contributed by atoms with Crippen molar-refractivity contribution in [2.24, 2.45) is 0 Å². The minimum atomic E-state index is -0.372. The van der Waals surface area contributed by atoms with E-state index in [1.807, 2.05) is 12.1 Å². The Hall–Kier alpha value is -2.18. The van der Waals surface area contributed by atoms with Gasteiger partial charge in [0.25, 0.3) is 5.91 Å². The summed E-state index contributed by atoms with van der Waals surface area (Å²) < 4.78 is 5.02. The lowest BCUT2D eigenvalue weighted by molar-refractivity contribution is 0.0600. The zero-order chi connectivity index (χ0) is 19.7. The van der Waals surface area contributed by atoms with Gasteiger partial charge >= 0.3 is 5.97 Å². The Kier molecular flexibility index (Phi) is 5.51. The van der Waals surface area contributed by atoms with Crippen LogP contribution < -0.4 is 5.32 Å². The molecule has 1 aliphatic heterocycles. The molecule has 6 heteroatoms. The molecule has 0 atom stereocenters. The molecular weight excluding hydrogens is 372 g/mol. The first-order valence-corrected chi connectivity index (χ1v) is 10.8. The van der Waals surface area contributed by atoms with Crippen molar-refractivity contribution in [2.75, 3.05) is 25.5 Å². The number of fused-ring (bicyclic) bond motifs is 2. The Balaban J connectivity index is 1.63. The lowest BCUT2D eigenvalue weighted by Gasteiger charge is -2.25. The van der Waals surface area contributed by atoms with Gasteiger partial charge in [-0.15, -0.1) is 11.3 Å². The predicted octanol–water partition coefficient (Wildman–Crippen LogP) is 4.04. The van der Waals surface area contributed by atoms with Gasteiger partial charge < -0.3 is 10.1 Å². The molecule has 4 rings (SSSR count). The molecule has 5 nitrogen and oxygen atoms in total. The van der Waals surface area contributed by atoms with Crippen molar-refractivity contribution in [1.82, 2.24) is 4.90 Å². The van der Waals surface area contributed by atoms with Crippen LogP contribution in [-0.4, -0.2) is 37.0 Å². The molecule has 0 radical (unpaired) electrons. The summed E-state index contributed by atoms with van der Waals surface area (Å²) in [4.78, 5) is 28.9. The minimum absolute atomic E-state index is 0.163. The highest BCUT2D eigenvalue weighted by molar-refractivity contribution is 7.17. The number of likely N-dealkylation sites (N-methyl/N-ethyl adjacent to an activating group) is 1. The predicted molar refractivity (Wildman–Crippen MR) is 111 cm³/mol. The number of ether oxygens (including phenoxy) is 1. The third-order valence-electron chi connectivity index (χ3n) is 5.81. The number of esters is 1. The second-order valence-electron chi connectivity index (χ2n) is 7.46. The number of rotatable bonds is 4. The van der Waals surface area contributed by atoms with Crippen LogP contribution in [0.1, 0.15) is 62.0 Å². The van der Waals surface area contributed by atoms with E-state index in [-0.39, 0.29) is 11.9 Å². The van der Waals surface area contributed by atoms with E-state index in [9.17, 15) is 9.59 Å². The number of carbonyl (C=O) groups is 2. The van der Waals surface area contributed by atoms with Crippen LogP contribution in [0.5, 0.6) is 0 Å². The number of aryl methyl sites for hydroxylation is 2. The molecule has 1 aromatic carbocycles. The summed E-state index contributed by atoms with van der Waals surface area (Å²) in [6.07, 6.45) is 5.32. The van der Waals surface area contributed by atoms with E-state index in [1.165, 1.54) is 42.4 Å². The molecule has 148 valence electrons. The first kappa shape index (κ1) is 19.2. The average Bonchev–Trinajstić information content (AvgIpc) is 3.09. The number of hydrogen-bond acceptors (Lipinski definition) is 5. The van der Waals surface area contributed by atoms with Gasteiger partial charge in [-0.3, -0.25) is 9.69 Å². The Bertz CT molecular complexity index is 919. The molecule has 1 N–H and O–H groups in total. The van der Waals surface area contributed by atoms with Gasteiger partial charge in [0.15, 0.2) is 0 Å². The van der Waals surface area contributed by atoms with Crippen LogP contribution in [0.25, 0.3) is 0 Å². The monoisotopic (exact) mass is 398 g/mol. The Morgan fingerprint density at radius 1 is 1.18 bits per heavy atom. The number of carbonyl (C=O) groups excluding carboxylic acids is 2. The zero-order valence-corrected chi connectivity index (χ0v) is 17.3. The van der Waals surface area contributed by atoms with Crippen molar-refractivity contribution in [3.63, 3.8) is 0 Å². The highest BCUT2D eigenvalue weighted by Gasteiger charge is 2.29. The number of hydrogen-bond donors (Lipinski definition) is 1. The maximum absolute atomic E-state index is 12.9. The van der Waals surface area contributed by atoms with Crippen LogP contribution >= 0.6 is 11.3 Å². The average molecular weight is 399 g/mol. The van der Waals surface area contributed by atoms with E-state index < -0.39 is 0 Å². The maximum Gasteiger partial charge on any atom is 0.341 e. The van der Waals surface area contributed by atoms with Crippen LogP contribution in [0, 0.1) is 0 Å². The third kappa shape index (κ3) is 3.59. The highest BCUT2D eigenvalue weighted by atomic mass is 32.1. The molecule has 0 fully saturated rings. The van der Waals surface area contributed by atoms with Crippen LogP contribution in [-0.2, 0) is 30.5 Å². The summed E-state index contributed by atoms with van der Waals surface area (Å²) in [5.74, 6) is -0.535. The molecule has 0 unspecified atom stereocenters. The van der Waals surface area contributed by atoms with Gasteiger partial charge in [-0.25, -0.2) is 4.79 Å². The largest absolute Gasteiger partial charge is 0.465 e. The summed E-state index contributed by atoms with van der Waals surface area (Å²) in [5.41, 5.74) is 4.84. The smallest absolute Gasteiger partial charge is 0.341 e. The van der Waals surface area contributed by atoms with E-state index in [2.05, 4.69) is 23.2 Å². The Labute approximate surface area is 169 Å². The number of nitrogens with zero attached hydrogens (tertiary/aromatic N) is 1. The molecule has 0 saturated carbocycles. The quantitative estimate of drug-likeness (QED) is 0.790. The summed E-state index contributed by atoms with van der Waals surface area (Å²) in [7, 11) is 1.39. The molecule has 0 spiro atoms. The highest BCUT2D eigenvalue weighted by Crippen LogP contribution is 2.38. The van der Waals surface area contributed by atoms with E-state index in [0.29, 0.717) is 16.1 Å². The van der Waals surface area contributed by atoms with E-state index in [0.717, 1.165) is 49.3 Å². The molecule has 1 aromatic heterocycles. The van der Waals surface area contributed by atoms with Gasteiger partial charge in [0, 0.05) is 23.5 Å². The molecule has 0 saturated heterocycles. The first-order chi connectivity index (χ1) is 13.6. The van der Waals surface area contributed by atoms with Crippen molar-refractivity contribution in [3.05, 3.63) is 50.9 Å². The van der Waals surface area contributed by atoms with E-state index in [1.54, 1.807) is 0 Å². The molecule has 0 bridgehead atoms. The summed E-state index contributed by atoms with van der Waals surface area (Å²) in [6, 6.07) is 5.97. The zero-order valence-electron chi connectivity index (χ0n) is 16.5. The van der Waals surface area contributed by atoms with Crippen molar-refractivity contribution in [2.45, 2.75) is 45.6 Å². The number of thiophene rings is 1. The van der Waals surface area contributed by atoms with Crippen LogP contribution in [0.2, 0.25) is 0 Å². The summed E-state index contributed by atoms with van der Waals surface area (Å²) >= 11 is 1.50. The standard InChI is InChI=1S/C22H26N2O3S/c1-3-24-11-10-17-18(13-24)28-21(19(17)22(26)27-2)23-20(25)16-9-8-14-6-4-5-7-15(14)12-16/h8-9,12H,3-7,10-11,13H2,1-2H3,(H,23,25). The van der Waals surface area contributed by atoms with E-state index in [4.69, 9.17) is 4.74 Å². The van der Waals surface area contributed by atoms with Gasteiger partial charge in [0.05, 0.1) is 12.7 Å². The van der Waals surface area contributed by atoms with Gasteiger partial charge in [0.2, 0.25) is 0 Å². The van der Waals surface area contributed by atoms with Crippen molar-refractivity contribution < 1.29 is 14.3 Å². The molecule has 2 aliphatic rings. The first-order valence-electron chi connectivity index (χ1n) is 9.99. The molecule has 2 aromatic rings. The van der Waals surface area contributed by atoms with Crippen LogP contribution in [0.4, 0.5) is 5.00 Å². The Morgan fingerprint density at radius 3 is 2.71 bits per heavy atom. The van der Waals surface area contributed by atoms with Crippen molar-refractivity contribution >= 4 is 28.2 Å². The molecular formula is C22H26N2O3S. The maximum atomic E-state index is 12.9. The fourth-order valence-corrected chi connectivity index (χ4v) is 5.46. The fraction of sp³-hybridized carbons (Fsp3) is 0.455. The van der Waals surface area contributed by atoms with Crippen LogP contribution in [0.15, 0.2) is 18.2 Å². The third-order valence-corrected chi connectivity index (χ3v) is 6.94. The fourth-order valence-electron chi connectivity index (χ4n) is 4.18. The summed E-state index contributed by atoms with van der Waals surface area (Å²) in [6.45, 7) is 4.85. The number of anilines is 1. The Morgan fingerprint density at radius 2 is 1.96 bits per heavy atom. The van der Waals surface area contributed by atoms with Crippen LogP contribution in [0.3, 0.4) is 0 Å². The van der Waals surface area contributed by atoms with Gasteiger partial charge in [0.1, 0.15) is 5.00 Å². The van der Waals surface area contributed by atoms with Crippen molar-refractivity contribution in [3.8, 4) is 0 Å².